The fourth-order valence-electron chi connectivity index (χ4n) is 3.25. The Bertz CT molecular complexity index is 1340. The third-order valence-electron chi connectivity index (χ3n) is 4.80. The molecule has 1 heterocycles. The predicted octanol–water partition coefficient (Wildman–Crippen LogP) is 1.65. The van der Waals surface area contributed by atoms with E-state index in [4.69, 9.17) is 6.42 Å². The maximum atomic E-state index is 12.3. The third-order valence-corrected chi connectivity index (χ3v) is 5.74. The minimum atomic E-state index is -3.14. The van der Waals surface area contributed by atoms with Crippen molar-refractivity contribution in [1.82, 2.24) is 15.3 Å². The van der Waals surface area contributed by atoms with Crippen molar-refractivity contribution < 1.29 is 13.2 Å². The molecule has 32 heavy (non-hydrogen) atoms. The van der Waals surface area contributed by atoms with Crippen molar-refractivity contribution >= 4 is 32.3 Å². The van der Waals surface area contributed by atoms with Crippen LogP contribution in [0.3, 0.4) is 0 Å². The highest BCUT2D eigenvalue weighted by Gasteiger charge is 2.11. The summed E-state index contributed by atoms with van der Waals surface area (Å²) in [7, 11) is -3.14. The molecule has 0 radical (unpaired) electrons. The Labute approximate surface area is 186 Å². The lowest BCUT2D eigenvalue weighted by atomic mass is 10.1. The third kappa shape index (κ3) is 5.95. The van der Waals surface area contributed by atoms with E-state index in [1.54, 1.807) is 37.3 Å². The van der Waals surface area contributed by atoms with Crippen LogP contribution < -0.4 is 15.8 Å². The Balaban J connectivity index is 1.76. The van der Waals surface area contributed by atoms with Gasteiger partial charge in [0, 0.05) is 30.6 Å². The van der Waals surface area contributed by atoms with Crippen LogP contribution in [0.5, 0.6) is 0 Å². The largest absolute Gasteiger partial charge is 0.356 e. The molecule has 0 aliphatic rings. The Kier molecular flexibility index (Phi) is 6.95. The van der Waals surface area contributed by atoms with Gasteiger partial charge >= 0.3 is 0 Å². The van der Waals surface area contributed by atoms with Crippen LogP contribution in [0, 0.1) is 19.3 Å². The predicted molar refractivity (Wildman–Crippen MR) is 125 cm³/mol. The summed E-state index contributed by atoms with van der Waals surface area (Å²) in [5.41, 5.74) is 2.56. The molecule has 0 saturated heterocycles. The number of aromatic nitrogens is 2. The van der Waals surface area contributed by atoms with Gasteiger partial charge in [0.2, 0.25) is 0 Å². The van der Waals surface area contributed by atoms with Gasteiger partial charge in [-0.3, -0.25) is 9.59 Å². The summed E-state index contributed by atoms with van der Waals surface area (Å²) in [6.45, 7) is 2.59. The van der Waals surface area contributed by atoms with Crippen LogP contribution >= 0.6 is 0 Å². The number of fused-ring (bicyclic) bond motifs is 1. The smallest absolute Gasteiger partial charge is 0.258 e. The number of aryl methyl sites for hydroxylation is 1. The molecule has 2 N–H and O–H groups in total. The van der Waals surface area contributed by atoms with Crippen molar-refractivity contribution in [3.05, 3.63) is 69.8 Å². The van der Waals surface area contributed by atoms with Gasteiger partial charge in [-0.15, -0.1) is 6.42 Å². The van der Waals surface area contributed by atoms with E-state index < -0.39 is 9.84 Å². The molecule has 0 atom stereocenters. The number of amides is 1. The summed E-state index contributed by atoms with van der Waals surface area (Å²) in [5.74, 6) is 2.73. The SMILES string of the molecule is C#CCN(Cc1ccc2nc(C)[nH]c(=O)c2c1)c1ccc(C(=O)NCCS(C)(=O)=O)cc1. The van der Waals surface area contributed by atoms with Gasteiger partial charge in [0.25, 0.3) is 11.5 Å². The Morgan fingerprint density at radius 2 is 1.94 bits per heavy atom. The number of sulfone groups is 1. The van der Waals surface area contributed by atoms with Crippen molar-refractivity contribution in [2.45, 2.75) is 13.5 Å². The van der Waals surface area contributed by atoms with E-state index in [9.17, 15) is 18.0 Å². The first-order valence-corrected chi connectivity index (χ1v) is 12.0. The molecule has 0 spiro atoms. The number of rotatable bonds is 8. The summed E-state index contributed by atoms with van der Waals surface area (Å²) in [4.78, 5) is 33.5. The second-order valence-corrected chi connectivity index (χ2v) is 9.76. The second-order valence-electron chi connectivity index (χ2n) is 7.50. The Morgan fingerprint density at radius 1 is 1.22 bits per heavy atom. The van der Waals surface area contributed by atoms with E-state index >= 15 is 0 Å². The van der Waals surface area contributed by atoms with E-state index in [0.717, 1.165) is 17.5 Å². The van der Waals surface area contributed by atoms with Crippen LogP contribution in [0.25, 0.3) is 10.9 Å². The highest BCUT2D eigenvalue weighted by molar-refractivity contribution is 7.90. The number of terminal acetylenes is 1. The standard InChI is InChI=1S/C23H24N4O4S/c1-4-12-27(15-17-5-10-21-20(14-17)23(29)26-16(2)25-21)19-8-6-18(7-9-19)22(28)24-11-13-32(3,30)31/h1,5-10,14H,11-13,15H2,2-3H3,(H,24,28)(H,25,26,29). The second kappa shape index (κ2) is 9.66. The first-order chi connectivity index (χ1) is 15.2. The number of benzene rings is 2. The molecule has 2 aromatic carbocycles. The molecule has 0 aliphatic carbocycles. The first-order valence-electron chi connectivity index (χ1n) is 9.90. The van der Waals surface area contributed by atoms with E-state index in [1.807, 2.05) is 17.0 Å². The van der Waals surface area contributed by atoms with Crippen molar-refractivity contribution in [3.8, 4) is 12.3 Å². The number of hydrogen-bond donors (Lipinski definition) is 2. The zero-order chi connectivity index (χ0) is 23.3. The van der Waals surface area contributed by atoms with Crippen molar-refractivity contribution in [1.29, 1.82) is 0 Å². The van der Waals surface area contributed by atoms with Crippen LogP contribution in [-0.2, 0) is 16.4 Å². The number of aromatic amines is 1. The van der Waals surface area contributed by atoms with Crippen LogP contribution in [-0.4, -0.2) is 49.4 Å². The molecule has 1 amide bonds. The molecule has 9 heteroatoms. The number of hydrogen-bond acceptors (Lipinski definition) is 6. The highest BCUT2D eigenvalue weighted by atomic mass is 32.2. The molecule has 0 unspecified atom stereocenters. The molecule has 0 bridgehead atoms. The molecule has 3 rings (SSSR count). The fraction of sp³-hybridized carbons (Fsp3) is 0.261. The van der Waals surface area contributed by atoms with Crippen LogP contribution in [0.4, 0.5) is 5.69 Å². The zero-order valence-corrected chi connectivity index (χ0v) is 18.7. The molecule has 0 fully saturated rings. The number of carbonyl (C=O) groups excluding carboxylic acids is 1. The van der Waals surface area contributed by atoms with Crippen molar-refractivity contribution in [2.24, 2.45) is 0 Å². The normalized spacial score (nSPS) is 11.2. The molecule has 166 valence electrons. The Morgan fingerprint density at radius 3 is 2.59 bits per heavy atom. The lowest BCUT2D eigenvalue weighted by molar-refractivity contribution is 0.0956. The molecular formula is C23H24N4O4S. The quantitative estimate of drug-likeness (QED) is 0.503. The van der Waals surface area contributed by atoms with Crippen LogP contribution in [0.1, 0.15) is 21.7 Å². The average Bonchev–Trinajstić information content (AvgIpc) is 2.73. The summed E-state index contributed by atoms with van der Waals surface area (Å²) >= 11 is 0. The van der Waals surface area contributed by atoms with Gasteiger partial charge in [-0.1, -0.05) is 12.0 Å². The number of H-pyrrole nitrogens is 1. The minimum absolute atomic E-state index is 0.0537. The number of nitrogens with zero attached hydrogens (tertiary/aromatic N) is 2. The van der Waals surface area contributed by atoms with Gasteiger partial charge in [-0.25, -0.2) is 13.4 Å². The molecule has 0 aliphatic heterocycles. The molecule has 0 saturated carbocycles. The summed E-state index contributed by atoms with van der Waals surface area (Å²) in [6, 6.07) is 12.4. The van der Waals surface area contributed by atoms with Crippen molar-refractivity contribution in [2.75, 3.05) is 30.0 Å². The van der Waals surface area contributed by atoms with E-state index in [-0.39, 0.29) is 23.8 Å². The summed E-state index contributed by atoms with van der Waals surface area (Å²) < 4.78 is 22.4. The van der Waals surface area contributed by atoms with E-state index in [0.29, 0.717) is 35.4 Å². The number of nitrogens with one attached hydrogen (secondary N) is 2. The maximum Gasteiger partial charge on any atom is 0.258 e. The van der Waals surface area contributed by atoms with Gasteiger partial charge in [-0.2, -0.15) is 0 Å². The van der Waals surface area contributed by atoms with E-state index in [1.165, 1.54) is 0 Å². The fourth-order valence-corrected chi connectivity index (χ4v) is 3.72. The average molecular weight is 453 g/mol. The first kappa shape index (κ1) is 23.0. The van der Waals surface area contributed by atoms with Crippen molar-refractivity contribution in [3.63, 3.8) is 0 Å². The van der Waals surface area contributed by atoms with Gasteiger partial charge in [-0.05, 0) is 48.9 Å². The molecule has 1 aromatic heterocycles. The van der Waals surface area contributed by atoms with Gasteiger partial charge < -0.3 is 15.2 Å². The number of anilines is 1. The minimum Gasteiger partial charge on any atom is -0.356 e. The lowest BCUT2D eigenvalue weighted by Crippen LogP contribution is -2.29. The van der Waals surface area contributed by atoms with Gasteiger partial charge in [0.15, 0.2) is 0 Å². The van der Waals surface area contributed by atoms with Crippen LogP contribution in [0.15, 0.2) is 47.3 Å². The topological polar surface area (TPSA) is 112 Å². The molecule has 3 aromatic rings. The maximum absolute atomic E-state index is 12.3. The highest BCUT2D eigenvalue weighted by Crippen LogP contribution is 2.19. The van der Waals surface area contributed by atoms with Crippen LogP contribution in [0.2, 0.25) is 0 Å². The summed E-state index contributed by atoms with van der Waals surface area (Å²) in [6.07, 6.45) is 6.67. The van der Waals surface area contributed by atoms with E-state index in [2.05, 4.69) is 21.2 Å². The lowest BCUT2D eigenvalue weighted by Gasteiger charge is -2.23. The summed E-state index contributed by atoms with van der Waals surface area (Å²) in [5, 5.41) is 3.10. The molecule has 8 nitrogen and oxygen atoms in total. The van der Waals surface area contributed by atoms with Gasteiger partial charge in [0.1, 0.15) is 15.7 Å². The monoisotopic (exact) mass is 452 g/mol. The zero-order valence-electron chi connectivity index (χ0n) is 17.9. The number of carbonyl (C=O) groups is 1. The van der Waals surface area contributed by atoms with Gasteiger partial charge in [0.05, 0.1) is 23.2 Å². The molecular weight excluding hydrogens is 428 g/mol. The Hall–Kier alpha value is -3.64.